The van der Waals surface area contributed by atoms with Crippen LogP contribution in [0.15, 0.2) is 0 Å². The summed E-state index contributed by atoms with van der Waals surface area (Å²) in [5, 5.41) is 32.1. The van der Waals surface area contributed by atoms with Crippen molar-refractivity contribution in [3.8, 4) is 0 Å². The maximum absolute atomic E-state index is 9.81. The Morgan fingerprint density at radius 2 is 1.80 bits per heavy atom. The fraction of sp³-hybridized carbons (Fsp3) is 1.00. The fourth-order valence-corrected chi connectivity index (χ4v) is 1.85. The zero-order valence-electron chi connectivity index (χ0n) is 9.42. The molecule has 0 radical (unpaired) electrons. The summed E-state index contributed by atoms with van der Waals surface area (Å²) >= 11 is 0. The summed E-state index contributed by atoms with van der Waals surface area (Å²) in [4.78, 5) is 0. The molecule has 5 nitrogen and oxygen atoms in total. The van der Waals surface area contributed by atoms with Gasteiger partial charge in [0.15, 0.2) is 6.29 Å². The van der Waals surface area contributed by atoms with E-state index >= 15 is 0 Å². The SMILES string of the molecule is CC[C@@H]1O[C@@H](O)[C@@H](NC(C)C)[C@H](O)[C@H]1O. The molecule has 1 saturated heterocycles. The minimum atomic E-state index is -1.07. The molecule has 5 heteroatoms. The molecule has 0 bridgehead atoms. The minimum absolute atomic E-state index is 0.105. The molecule has 0 aromatic carbocycles. The maximum Gasteiger partial charge on any atom is 0.173 e. The van der Waals surface area contributed by atoms with Gasteiger partial charge in [0.2, 0.25) is 0 Å². The highest BCUT2D eigenvalue weighted by Gasteiger charge is 2.42. The van der Waals surface area contributed by atoms with Crippen molar-refractivity contribution >= 4 is 0 Å². The Morgan fingerprint density at radius 3 is 2.27 bits per heavy atom. The van der Waals surface area contributed by atoms with E-state index < -0.39 is 30.6 Å². The quantitative estimate of drug-likeness (QED) is 0.500. The minimum Gasteiger partial charge on any atom is -0.388 e. The molecular formula is C10H21NO4. The highest BCUT2D eigenvalue weighted by molar-refractivity contribution is 4.92. The van der Waals surface area contributed by atoms with E-state index in [1.54, 1.807) is 0 Å². The number of nitrogens with one attached hydrogen (secondary N) is 1. The van der Waals surface area contributed by atoms with Crippen LogP contribution in [0.5, 0.6) is 0 Å². The molecule has 90 valence electrons. The topological polar surface area (TPSA) is 82.0 Å². The Bertz CT molecular complexity index is 200. The lowest BCUT2D eigenvalue weighted by Gasteiger charge is -2.41. The second kappa shape index (κ2) is 5.23. The van der Waals surface area contributed by atoms with Gasteiger partial charge >= 0.3 is 0 Å². The van der Waals surface area contributed by atoms with Crippen LogP contribution < -0.4 is 5.32 Å². The van der Waals surface area contributed by atoms with E-state index in [4.69, 9.17) is 4.74 Å². The lowest BCUT2D eigenvalue weighted by Crippen LogP contribution is -2.63. The van der Waals surface area contributed by atoms with E-state index in [1.165, 1.54) is 0 Å². The predicted molar refractivity (Wildman–Crippen MR) is 55.2 cm³/mol. The highest BCUT2D eigenvalue weighted by Crippen LogP contribution is 2.22. The van der Waals surface area contributed by atoms with Crippen molar-refractivity contribution in [3.63, 3.8) is 0 Å². The van der Waals surface area contributed by atoms with E-state index in [1.807, 2.05) is 20.8 Å². The van der Waals surface area contributed by atoms with Gasteiger partial charge < -0.3 is 25.4 Å². The van der Waals surface area contributed by atoms with Gasteiger partial charge in [0, 0.05) is 6.04 Å². The van der Waals surface area contributed by atoms with Crippen LogP contribution in [0.2, 0.25) is 0 Å². The zero-order chi connectivity index (χ0) is 11.6. The van der Waals surface area contributed by atoms with Gasteiger partial charge in [-0.05, 0) is 6.42 Å². The smallest absolute Gasteiger partial charge is 0.173 e. The van der Waals surface area contributed by atoms with E-state index in [0.717, 1.165) is 0 Å². The highest BCUT2D eigenvalue weighted by atomic mass is 16.6. The lowest BCUT2D eigenvalue weighted by molar-refractivity contribution is -0.249. The van der Waals surface area contributed by atoms with Crippen LogP contribution in [0, 0.1) is 0 Å². The van der Waals surface area contributed by atoms with Crippen LogP contribution in [0.4, 0.5) is 0 Å². The molecule has 1 heterocycles. The second-order valence-electron chi connectivity index (χ2n) is 4.30. The molecule has 0 amide bonds. The van der Waals surface area contributed by atoms with Crippen molar-refractivity contribution in [2.45, 2.75) is 63.9 Å². The largest absolute Gasteiger partial charge is 0.388 e. The summed E-state index contributed by atoms with van der Waals surface area (Å²) in [6, 6.07) is -0.531. The second-order valence-corrected chi connectivity index (χ2v) is 4.30. The Balaban J connectivity index is 2.66. The molecule has 0 unspecified atom stereocenters. The summed E-state index contributed by atoms with van der Waals surface area (Å²) in [5.41, 5.74) is 0. The number of rotatable bonds is 3. The van der Waals surface area contributed by atoms with Crippen LogP contribution in [-0.4, -0.2) is 52.0 Å². The van der Waals surface area contributed by atoms with Gasteiger partial charge in [-0.2, -0.15) is 0 Å². The molecule has 0 spiro atoms. The van der Waals surface area contributed by atoms with Crippen molar-refractivity contribution < 1.29 is 20.1 Å². The summed E-state index contributed by atoms with van der Waals surface area (Å²) < 4.78 is 5.21. The summed E-state index contributed by atoms with van der Waals surface area (Å²) in [5.74, 6) is 0. The van der Waals surface area contributed by atoms with E-state index in [2.05, 4.69) is 5.32 Å². The number of ether oxygens (including phenoxy) is 1. The van der Waals surface area contributed by atoms with Gasteiger partial charge in [-0.25, -0.2) is 0 Å². The number of aliphatic hydroxyl groups is 3. The van der Waals surface area contributed by atoms with Crippen LogP contribution in [0.25, 0.3) is 0 Å². The molecule has 4 N–H and O–H groups in total. The Kier molecular flexibility index (Phi) is 4.48. The van der Waals surface area contributed by atoms with Crippen molar-refractivity contribution in [1.29, 1.82) is 0 Å². The van der Waals surface area contributed by atoms with Crippen LogP contribution >= 0.6 is 0 Å². The van der Waals surface area contributed by atoms with Gasteiger partial charge in [0.1, 0.15) is 12.2 Å². The van der Waals surface area contributed by atoms with E-state index in [-0.39, 0.29) is 6.04 Å². The molecule has 0 aromatic heterocycles. The monoisotopic (exact) mass is 219 g/mol. The number of hydrogen-bond acceptors (Lipinski definition) is 5. The maximum atomic E-state index is 9.81. The van der Waals surface area contributed by atoms with Crippen LogP contribution in [-0.2, 0) is 4.74 Å². The van der Waals surface area contributed by atoms with Crippen LogP contribution in [0.1, 0.15) is 27.2 Å². The summed E-state index contributed by atoms with van der Waals surface area (Å²) in [6.45, 7) is 5.64. The first kappa shape index (κ1) is 12.9. The van der Waals surface area contributed by atoms with Crippen molar-refractivity contribution in [2.24, 2.45) is 0 Å². The molecular weight excluding hydrogens is 198 g/mol. The lowest BCUT2D eigenvalue weighted by atomic mass is 9.95. The first-order valence-corrected chi connectivity index (χ1v) is 5.43. The number of hydrogen-bond donors (Lipinski definition) is 4. The summed E-state index contributed by atoms with van der Waals surface area (Å²) in [7, 11) is 0. The fourth-order valence-electron chi connectivity index (χ4n) is 1.85. The Hall–Kier alpha value is -0.200. The first-order valence-electron chi connectivity index (χ1n) is 5.43. The van der Waals surface area contributed by atoms with Crippen molar-refractivity contribution in [1.82, 2.24) is 5.32 Å². The normalized spacial score (nSPS) is 42.2. The molecule has 1 fully saturated rings. The first-order chi connectivity index (χ1) is 6.97. The average molecular weight is 219 g/mol. The van der Waals surface area contributed by atoms with Gasteiger partial charge in [-0.3, -0.25) is 0 Å². The molecule has 0 saturated carbocycles. The van der Waals surface area contributed by atoms with E-state index in [0.29, 0.717) is 6.42 Å². The number of aliphatic hydroxyl groups excluding tert-OH is 3. The third kappa shape index (κ3) is 2.89. The molecule has 0 aromatic rings. The average Bonchev–Trinajstić information content (AvgIpc) is 2.18. The summed E-state index contributed by atoms with van der Waals surface area (Å²) in [6.07, 6.45) is -2.96. The van der Waals surface area contributed by atoms with Gasteiger partial charge in [-0.15, -0.1) is 0 Å². The molecule has 0 aliphatic carbocycles. The molecule has 15 heavy (non-hydrogen) atoms. The Morgan fingerprint density at radius 1 is 1.20 bits per heavy atom. The Labute approximate surface area is 90.1 Å². The van der Waals surface area contributed by atoms with Crippen molar-refractivity contribution in [2.75, 3.05) is 0 Å². The van der Waals surface area contributed by atoms with Gasteiger partial charge in [-0.1, -0.05) is 20.8 Å². The third-order valence-electron chi connectivity index (χ3n) is 2.65. The molecule has 1 rings (SSSR count). The zero-order valence-corrected chi connectivity index (χ0v) is 9.42. The molecule has 1 aliphatic rings. The van der Waals surface area contributed by atoms with E-state index in [9.17, 15) is 15.3 Å². The van der Waals surface area contributed by atoms with Crippen molar-refractivity contribution in [3.05, 3.63) is 0 Å². The standard InChI is InChI=1S/C10H21NO4/c1-4-6-8(12)9(13)7(10(14)15-6)11-5(2)3/h5-14H,4H2,1-3H3/t6-,7-,8-,9-,10+/m0/s1. The van der Waals surface area contributed by atoms with Gasteiger partial charge in [0.25, 0.3) is 0 Å². The molecule has 1 aliphatic heterocycles. The van der Waals surface area contributed by atoms with Crippen LogP contribution in [0.3, 0.4) is 0 Å². The molecule has 5 atom stereocenters. The third-order valence-corrected chi connectivity index (χ3v) is 2.65. The van der Waals surface area contributed by atoms with Gasteiger partial charge in [0.05, 0.1) is 12.1 Å². The predicted octanol–water partition coefficient (Wildman–Crippen LogP) is -0.798.